The Hall–Kier alpha value is -2.50. The van der Waals surface area contributed by atoms with E-state index in [9.17, 15) is 0 Å². The van der Waals surface area contributed by atoms with Crippen LogP contribution in [0.15, 0.2) is 142 Å². The monoisotopic (exact) mass is 520 g/mol. The second-order valence-electron chi connectivity index (χ2n) is 8.66. The van der Waals surface area contributed by atoms with E-state index in [0.717, 1.165) is 0 Å². The Kier molecular flexibility index (Phi) is 5.51. The van der Waals surface area contributed by atoms with E-state index in [2.05, 4.69) is 110 Å². The smallest absolute Gasteiger partial charge is 0.0340 e. The van der Waals surface area contributed by atoms with Gasteiger partial charge in [-0.3, -0.25) is 0 Å². The van der Waals surface area contributed by atoms with Crippen molar-refractivity contribution in [2.45, 2.75) is 46.1 Å². The number of benzene rings is 5. The third kappa shape index (κ3) is 3.93. The Morgan fingerprint density at radius 1 is 0.400 bits per heavy atom. The van der Waals surface area contributed by atoms with Gasteiger partial charge in [0, 0.05) is 39.2 Å². The first-order chi connectivity index (χ1) is 17.2. The summed E-state index contributed by atoms with van der Waals surface area (Å²) in [5.41, 5.74) is 6.50. The molecular formula is C31H20S4. The van der Waals surface area contributed by atoms with Gasteiger partial charge >= 0.3 is 0 Å². The minimum atomic E-state index is 1.29. The summed E-state index contributed by atoms with van der Waals surface area (Å²) in [6.45, 7) is 2.21. The van der Waals surface area contributed by atoms with Crippen LogP contribution in [-0.4, -0.2) is 0 Å². The summed E-state index contributed by atoms with van der Waals surface area (Å²) in [5, 5.41) is 0. The molecule has 0 saturated carbocycles. The summed E-state index contributed by atoms with van der Waals surface area (Å²) in [5.74, 6) is 0. The molecule has 0 N–H and O–H groups in total. The van der Waals surface area contributed by atoms with Crippen molar-refractivity contribution in [3.63, 3.8) is 0 Å². The van der Waals surface area contributed by atoms with Crippen molar-refractivity contribution in [3.8, 4) is 22.3 Å². The number of fused-ring (bicyclic) bond motifs is 4. The highest BCUT2D eigenvalue weighted by Gasteiger charge is 2.22. The zero-order chi connectivity index (χ0) is 23.4. The third-order valence-corrected chi connectivity index (χ3v) is 11.4. The van der Waals surface area contributed by atoms with E-state index in [1.165, 1.54) is 67.0 Å². The molecule has 168 valence electrons. The van der Waals surface area contributed by atoms with E-state index >= 15 is 0 Å². The van der Waals surface area contributed by atoms with Crippen LogP contribution >= 0.6 is 47.0 Å². The van der Waals surface area contributed by atoms with Crippen LogP contribution in [0.25, 0.3) is 22.3 Å². The maximum atomic E-state index is 2.38. The summed E-state index contributed by atoms with van der Waals surface area (Å²) >= 11 is 7.56. The lowest BCUT2D eigenvalue weighted by Gasteiger charge is -2.23. The van der Waals surface area contributed by atoms with Gasteiger partial charge < -0.3 is 0 Å². The van der Waals surface area contributed by atoms with Crippen LogP contribution in [0.3, 0.4) is 0 Å². The molecule has 0 unspecified atom stereocenters. The number of rotatable bonds is 2. The molecule has 0 aliphatic carbocycles. The molecule has 0 saturated heterocycles. The highest BCUT2D eigenvalue weighted by molar-refractivity contribution is 8.05. The van der Waals surface area contributed by atoms with Gasteiger partial charge in [-0.15, -0.1) is 0 Å². The lowest BCUT2D eigenvalue weighted by molar-refractivity contribution is 1.15. The highest BCUT2D eigenvalue weighted by Crippen LogP contribution is 2.53. The molecule has 2 heterocycles. The zero-order valence-electron chi connectivity index (χ0n) is 18.9. The van der Waals surface area contributed by atoms with Gasteiger partial charge in [0.05, 0.1) is 0 Å². The fourth-order valence-electron chi connectivity index (χ4n) is 4.65. The topological polar surface area (TPSA) is 0 Å². The molecule has 2 aliphatic rings. The summed E-state index contributed by atoms with van der Waals surface area (Å²) in [7, 11) is 0. The second kappa shape index (κ2) is 8.86. The Morgan fingerprint density at radius 3 is 1.26 bits per heavy atom. The maximum Gasteiger partial charge on any atom is 0.0340 e. The molecule has 0 aromatic heterocycles. The molecule has 5 aromatic carbocycles. The molecule has 5 aromatic rings. The quantitative estimate of drug-likeness (QED) is 0.222. The lowest BCUT2D eigenvalue weighted by atomic mass is 9.96. The first-order valence-electron chi connectivity index (χ1n) is 11.5. The van der Waals surface area contributed by atoms with Crippen molar-refractivity contribution in [1.82, 2.24) is 0 Å². The molecule has 0 fully saturated rings. The molecule has 7 rings (SSSR count). The lowest BCUT2D eigenvalue weighted by Crippen LogP contribution is -1.95. The summed E-state index contributed by atoms with van der Waals surface area (Å²) in [6, 6.07) is 37.9. The Morgan fingerprint density at radius 2 is 0.800 bits per heavy atom. The first-order valence-corrected chi connectivity index (χ1v) is 14.8. The predicted molar refractivity (Wildman–Crippen MR) is 151 cm³/mol. The van der Waals surface area contributed by atoms with Gasteiger partial charge in [-0.05, 0) is 77.2 Å². The fraction of sp³-hybridized carbons (Fsp3) is 0.0323. The van der Waals surface area contributed by atoms with Crippen LogP contribution in [0.5, 0.6) is 0 Å². The molecular weight excluding hydrogens is 501 g/mol. The molecule has 4 heteroatoms. The van der Waals surface area contributed by atoms with E-state index in [0.29, 0.717) is 0 Å². The normalized spacial score (nSPS) is 13.4. The zero-order valence-corrected chi connectivity index (χ0v) is 22.2. The van der Waals surface area contributed by atoms with Crippen LogP contribution in [0.2, 0.25) is 0 Å². The van der Waals surface area contributed by atoms with Gasteiger partial charge in [0.25, 0.3) is 0 Å². The molecule has 0 spiro atoms. The van der Waals surface area contributed by atoms with Crippen molar-refractivity contribution in [3.05, 3.63) is 109 Å². The van der Waals surface area contributed by atoms with Gasteiger partial charge in [-0.25, -0.2) is 0 Å². The maximum absolute atomic E-state index is 2.38. The molecule has 0 atom stereocenters. The van der Waals surface area contributed by atoms with E-state index in [1.807, 2.05) is 47.0 Å². The summed E-state index contributed by atoms with van der Waals surface area (Å²) < 4.78 is 0. The van der Waals surface area contributed by atoms with Crippen molar-refractivity contribution in [1.29, 1.82) is 0 Å². The minimum Gasteiger partial charge on any atom is -0.0877 e. The standard InChI is InChI=1S/C31H20S4/c1-19-16-20(22-8-6-14-28-30(22)34-26-12-4-2-10-24(26)32-28)18-21(17-19)23-9-7-15-29-31(23)35-27-13-5-3-11-25(27)33-29/h2-18H,1H3. The van der Waals surface area contributed by atoms with Gasteiger partial charge in [0.15, 0.2) is 0 Å². The van der Waals surface area contributed by atoms with Crippen LogP contribution < -0.4 is 0 Å². The first kappa shape index (κ1) is 21.8. The predicted octanol–water partition coefficient (Wildman–Crippen LogP) is 10.6. The highest BCUT2D eigenvalue weighted by atomic mass is 32.2. The van der Waals surface area contributed by atoms with Crippen LogP contribution in [0.1, 0.15) is 5.56 Å². The average Bonchev–Trinajstić information content (AvgIpc) is 2.89. The van der Waals surface area contributed by atoms with Crippen molar-refractivity contribution in [2.75, 3.05) is 0 Å². The van der Waals surface area contributed by atoms with Crippen LogP contribution in [0, 0.1) is 6.92 Å². The van der Waals surface area contributed by atoms with E-state index in [-0.39, 0.29) is 0 Å². The van der Waals surface area contributed by atoms with Crippen molar-refractivity contribution < 1.29 is 0 Å². The van der Waals surface area contributed by atoms with Crippen LogP contribution in [-0.2, 0) is 0 Å². The van der Waals surface area contributed by atoms with Crippen LogP contribution in [0.4, 0.5) is 0 Å². The third-order valence-electron chi connectivity index (χ3n) is 6.22. The largest absolute Gasteiger partial charge is 0.0877 e. The van der Waals surface area contributed by atoms with Gasteiger partial charge in [-0.2, -0.15) is 0 Å². The van der Waals surface area contributed by atoms with Crippen molar-refractivity contribution >= 4 is 47.0 Å². The minimum absolute atomic E-state index is 1.29. The van der Waals surface area contributed by atoms with Gasteiger partial charge in [0.2, 0.25) is 0 Å². The van der Waals surface area contributed by atoms with Crippen molar-refractivity contribution in [2.24, 2.45) is 0 Å². The second-order valence-corrected chi connectivity index (χ2v) is 12.9. The molecule has 35 heavy (non-hydrogen) atoms. The number of hydrogen-bond donors (Lipinski definition) is 0. The number of hydrogen-bond acceptors (Lipinski definition) is 4. The fourth-order valence-corrected chi connectivity index (χ4v) is 9.45. The average molecular weight is 521 g/mol. The van der Waals surface area contributed by atoms with E-state index in [1.54, 1.807) is 0 Å². The number of aryl methyl sites for hydroxylation is 1. The van der Waals surface area contributed by atoms with Gasteiger partial charge in [0.1, 0.15) is 0 Å². The van der Waals surface area contributed by atoms with E-state index in [4.69, 9.17) is 0 Å². The SMILES string of the molecule is Cc1cc(-c2cccc3c2Sc2ccccc2S3)cc(-c2cccc3c2Sc2ccccc2S3)c1. The summed E-state index contributed by atoms with van der Waals surface area (Å²) in [6.07, 6.45) is 0. The van der Waals surface area contributed by atoms with E-state index < -0.39 is 0 Å². The summed E-state index contributed by atoms with van der Waals surface area (Å²) in [4.78, 5) is 10.8. The Balaban J connectivity index is 1.34. The molecule has 0 nitrogen and oxygen atoms in total. The Bertz CT molecular complexity index is 1500. The molecule has 2 aliphatic heterocycles. The molecule has 0 amide bonds. The molecule has 0 radical (unpaired) electrons. The van der Waals surface area contributed by atoms with Gasteiger partial charge in [-0.1, -0.05) is 108 Å². The Labute approximate surface area is 223 Å². The molecule has 0 bridgehead atoms.